The smallest absolute Gasteiger partial charge is 0.272 e. The summed E-state index contributed by atoms with van der Waals surface area (Å²) in [5.74, 6) is 1.37. The first-order chi connectivity index (χ1) is 14.9. The molecule has 2 heterocycles. The van der Waals surface area contributed by atoms with Crippen molar-refractivity contribution >= 4 is 61.3 Å². The number of methoxy groups -OCH3 is 2. The van der Waals surface area contributed by atoms with Gasteiger partial charge in [-0.2, -0.15) is 0 Å². The standard InChI is InChI=1S/C20H17ClN4O4S2/c1-28-12-7-8-15(16(11-12)29-2)24-19-20(23-14-6-4-3-5-13(14)22-19)25-31(26,27)18-10-9-17(21)30-18/h3-11H,1-2H3,(H,22,24)(H,23,25). The van der Waals surface area contributed by atoms with Crippen LogP contribution in [0.1, 0.15) is 0 Å². The molecule has 0 aliphatic rings. The van der Waals surface area contributed by atoms with Gasteiger partial charge in [-0.25, -0.2) is 18.4 Å². The van der Waals surface area contributed by atoms with Crippen LogP contribution in [-0.2, 0) is 10.0 Å². The van der Waals surface area contributed by atoms with Crippen LogP contribution in [0.25, 0.3) is 11.0 Å². The molecule has 160 valence electrons. The van der Waals surface area contributed by atoms with Crippen molar-refractivity contribution in [1.29, 1.82) is 0 Å². The predicted octanol–water partition coefficient (Wildman–Crippen LogP) is 4.91. The van der Waals surface area contributed by atoms with E-state index < -0.39 is 10.0 Å². The van der Waals surface area contributed by atoms with E-state index >= 15 is 0 Å². The molecule has 0 saturated heterocycles. The van der Waals surface area contributed by atoms with Crippen LogP contribution in [0.4, 0.5) is 17.3 Å². The van der Waals surface area contributed by atoms with Crippen molar-refractivity contribution in [3.05, 3.63) is 58.9 Å². The van der Waals surface area contributed by atoms with E-state index in [-0.39, 0.29) is 15.8 Å². The van der Waals surface area contributed by atoms with Gasteiger partial charge in [0.25, 0.3) is 10.0 Å². The molecule has 2 N–H and O–H groups in total. The van der Waals surface area contributed by atoms with E-state index in [1.54, 1.807) is 43.5 Å². The Morgan fingerprint density at radius 3 is 2.26 bits per heavy atom. The number of benzene rings is 2. The van der Waals surface area contributed by atoms with Crippen molar-refractivity contribution in [3.63, 3.8) is 0 Å². The largest absolute Gasteiger partial charge is 0.497 e. The summed E-state index contributed by atoms with van der Waals surface area (Å²) >= 11 is 6.86. The fourth-order valence-electron chi connectivity index (χ4n) is 2.81. The molecule has 0 saturated carbocycles. The number of halogens is 1. The molecule has 2 aromatic heterocycles. The molecule has 0 radical (unpaired) electrons. The van der Waals surface area contributed by atoms with Crippen molar-refractivity contribution in [1.82, 2.24) is 9.97 Å². The molecule has 0 aliphatic heterocycles. The molecule has 0 fully saturated rings. The van der Waals surface area contributed by atoms with Crippen LogP contribution in [0, 0.1) is 0 Å². The first kappa shape index (κ1) is 21.2. The summed E-state index contributed by atoms with van der Waals surface area (Å²) in [6, 6.07) is 15.3. The molecule has 11 heteroatoms. The van der Waals surface area contributed by atoms with Gasteiger partial charge in [0.05, 0.1) is 35.3 Å². The lowest BCUT2D eigenvalue weighted by Gasteiger charge is -2.15. The van der Waals surface area contributed by atoms with Gasteiger partial charge < -0.3 is 14.8 Å². The highest BCUT2D eigenvalue weighted by molar-refractivity contribution is 7.94. The van der Waals surface area contributed by atoms with Crippen molar-refractivity contribution in [2.75, 3.05) is 24.3 Å². The van der Waals surface area contributed by atoms with Crippen LogP contribution in [0.15, 0.2) is 58.8 Å². The number of fused-ring (bicyclic) bond motifs is 1. The molecule has 0 atom stereocenters. The lowest BCUT2D eigenvalue weighted by atomic mass is 10.2. The minimum absolute atomic E-state index is 0.0427. The fraction of sp³-hybridized carbons (Fsp3) is 0.100. The summed E-state index contributed by atoms with van der Waals surface area (Å²) in [5, 5.41) is 3.11. The average Bonchev–Trinajstić information content (AvgIpc) is 3.21. The summed E-state index contributed by atoms with van der Waals surface area (Å²) in [6.45, 7) is 0. The number of nitrogens with zero attached hydrogens (tertiary/aromatic N) is 2. The van der Waals surface area contributed by atoms with Crippen molar-refractivity contribution < 1.29 is 17.9 Å². The summed E-state index contributed by atoms with van der Waals surface area (Å²) in [7, 11) is -0.832. The highest BCUT2D eigenvalue weighted by Gasteiger charge is 2.21. The predicted molar refractivity (Wildman–Crippen MR) is 123 cm³/mol. The molecule has 31 heavy (non-hydrogen) atoms. The Balaban J connectivity index is 1.79. The molecule has 0 bridgehead atoms. The molecule has 4 aromatic rings. The topological polar surface area (TPSA) is 102 Å². The number of aromatic nitrogens is 2. The maximum atomic E-state index is 12.9. The van der Waals surface area contributed by atoms with Crippen molar-refractivity contribution in [2.45, 2.75) is 4.21 Å². The van der Waals surface area contributed by atoms with E-state index in [1.807, 2.05) is 6.07 Å². The summed E-state index contributed by atoms with van der Waals surface area (Å²) < 4.78 is 39.3. The van der Waals surface area contributed by atoms with E-state index in [1.165, 1.54) is 19.2 Å². The Hall–Kier alpha value is -3.08. The summed E-state index contributed by atoms with van der Waals surface area (Å²) in [6.07, 6.45) is 0. The van der Waals surface area contributed by atoms with Crippen LogP contribution in [0.2, 0.25) is 4.34 Å². The van der Waals surface area contributed by atoms with Gasteiger partial charge in [0.15, 0.2) is 11.6 Å². The van der Waals surface area contributed by atoms with Crippen LogP contribution in [-0.4, -0.2) is 32.6 Å². The lowest BCUT2D eigenvalue weighted by Crippen LogP contribution is -2.15. The van der Waals surface area contributed by atoms with Gasteiger partial charge in [-0.05, 0) is 36.4 Å². The third-order valence-corrected chi connectivity index (χ3v) is 7.34. The van der Waals surface area contributed by atoms with E-state index in [9.17, 15) is 8.42 Å². The van der Waals surface area contributed by atoms with Gasteiger partial charge >= 0.3 is 0 Å². The van der Waals surface area contributed by atoms with Crippen LogP contribution < -0.4 is 19.5 Å². The van der Waals surface area contributed by atoms with Gasteiger partial charge in [0.2, 0.25) is 0 Å². The Bertz CT molecular complexity index is 1360. The zero-order chi connectivity index (χ0) is 22.0. The molecule has 0 amide bonds. The summed E-state index contributed by atoms with van der Waals surface area (Å²) in [5.41, 5.74) is 1.70. The number of sulfonamides is 1. The lowest BCUT2D eigenvalue weighted by molar-refractivity contribution is 0.395. The van der Waals surface area contributed by atoms with Crippen LogP contribution >= 0.6 is 22.9 Å². The zero-order valence-electron chi connectivity index (χ0n) is 16.4. The van der Waals surface area contributed by atoms with Crippen LogP contribution in [0.3, 0.4) is 0 Å². The van der Waals surface area contributed by atoms with Gasteiger partial charge in [-0.15, -0.1) is 11.3 Å². The molecule has 2 aromatic carbocycles. The fourth-order valence-corrected chi connectivity index (χ4v) is 5.30. The van der Waals surface area contributed by atoms with Gasteiger partial charge in [-0.1, -0.05) is 23.7 Å². The van der Waals surface area contributed by atoms with E-state index in [4.69, 9.17) is 21.1 Å². The molecule has 0 aliphatic carbocycles. The maximum Gasteiger partial charge on any atom is 0.272 e. The Morgan fingerprint density at radius 1 is 0.935 bits per heavy atom. The van der Waals surface area contributed by atoms with Crippen LogP contribution in [0.5, 0.6) is 11.5 Å². The number of para-hydroxylation sites is 2. The Kier molecular flexibility index (Phi) is 5.86. The second kappa shape index (κ2) is 8.58. The first-order valence-corrected chi connectivity index (χ1v) is 11.6. The van der Waals surface area contributed by atoms with Gasteiger partial charge in [0, 0.05) is 6.07 Å². The maximum absolute atomic E-state index is 12.9. The number of ether oxygens (including phenoxy) is 2. The number of rotatable bonds is 7. The second-order valence-corrected chi connectivity index (χ2v) is 9.89. The Morgan fingerprint density at radius 2 is 1.65 bits per heavy atom. The molecular formula is C20H17ClN4O4S2. The SMILES string of the molecule is COc1ccc(Nc2nc3ccccc3nc2NS(=O)(=O)c2ccc(Cl)s2)c(OC)c1. The minimum atomic E-state index is -3.91. The average molecular weight is 477 g/mol. The molecule has 0 unspecified atom stereocenters. The Labute approximate surface area is 187 Å². The minimum Gasteiger partial charge on any atom is -0.497 e. The van der Waals surface area contributed by atoms with Gasteiger partial charge in [0.1, 0.15) is 15.7 Å². The molecule has 4 rings (SSSR count). The van der Waals surface area contributed by atoms with E-state index in [0.29, 0.717) is 32.6 Å². The van der Waals surface area contributed by atoms with Gasteiger partial charge in [-0.3, -0.25) is 4.72 Å². The van der Waals surface area contributed by atoms with E-state index in [2.05, 4.69) is 20.0 Å². The summed E-state index contributed by atoms with van der Waals surface area (Å²) in [4.78, 5) is 9.03. The number of hydrogen-bond donors (Lipinski definition) is 2. The second-order valence-electron chi connectivity index (χ2n) is 6.26. The number of nitrogens with one attached hydrogen (secondary N) is 2. The van der Waals surface area contributed by atoms with Crippen molar-refractivity contribution in [3.8, 4) is 11.5 Å². The number of anilines is 3. The highest BCUT2D eigenvalue weighted by atomic mass is 35.5. The molecular weight excluding hydrogens is 460 g/mol. The van der Waals surface area contributed by atoms with E-state index in [0.717, 1.165) is 11.3 Å². The molecule has 8 nitrogen and oxygen atoms in total. The molecule has 0 spiro atoms. The number of thiophene rings is 1. The monoisotopic (exact) mass is 476 g/mol. The first-order valence-electron chi connectivity index (χ1n) is 8.93. The third kappa shape index (κ3) is 4.50. The van der Waals surface area contributed by atoms with Crippen molar-refractivity contribution in [2.24, 2.45) is 0 Å². The zero-order valence-corrected chi connectivity index (χ0v) is 18.8. The quantitative estimate of drug-likeness (QED) is 0.390. The highest BCUT2D eigenvalue weighted by Crippen LogP contribution is 2.34. The number of hydrogen-bond acceptors (Lipinski definition) is 8. The normalized spacial score (nSPS) is 11.3. The third-order valence-electron chi connectivity index (χ3n) is 4.28.